The van der Waals surface area contributed by atoms with Crippen LogP contribution in [0.3, 0.4) is 0 Å². The van der Waals surface area contributed by atoms with Crippen molar-refractivity contribution >= 4 is 11.8 Å². The summed E-state index contributed by atoms with van der Waals surface area (Å²) < 4.78 is 2.05. The van der Waals surface area contributed by atoms with E-state index in [0.29, 0.717) is 11.6 Å². The van der Waals surface area contributed by atoms with Crippen LogP contribution in [0.15, 0.2) is 24.5 Å². The monoisotopic (exact) mass is 257 g/mol. The number of rotatable bonds is 4. The molecule has 0 saturated carbocycles. The van der Waals surface area contributed by atoms with Gasteiger partial charge in [0.05, 0.1) is 11.7 Å². The summed E-state index contributed by atoms with van der Waals surface area (Å²) >= 11 is 0. The molecular formula is C15H19N3O. The SMILES string of the molecule is CCN1CCCC1Cc1ncc2c(C=O)cccn12. The second kappa shape index (κ2) is 5.13. The molecule has 1 fully saturated rings. The second-order valence-electron chi connectivity index (χ2n) is 5.14. The lowest BCUT2D eigenvalue weighted by Crippen LogP contribution is -2.31. The molecule has 3 rings (SSSR count). The van der Waals surface area contributed by atoms with Gasteiger partial charge in [0.1, 0.15) is 5.82 Å². The molecule has 100 valence electrons. The zero-order chi connectivity index (χ0) is 13.2. The molecule has 0 aliphatic carbocycles. The zero-order valence-electron chi connectivity index (χ0n) is 11.2. The van der Waals surface area contributed by atoms with Crippen LogP contribution in [0.1, 0.15) is 35.9 Å². The Kier molecular flexibility index (Phi) is 3.34. The maximum Gasteiger partial charge on any atom is 0.152 e. The minimum absolute atomic E-state index is 0.593. The molecule has 3 heterocycles. The molecular weight excluding hydrogens is 238 g/mol. The first kappa shape index (κ1) is 12.4. The summed E-state index contributed by atoms with van der Waals surface area (Å²) in [5, 5.41) is 0. The van der Waals surface area contributed by atoms with Crippen molar-refractivity contribution in [2.75, 3.05) is 13.1 Å². The van der Waals surface area contributed by atoms with E-state index in [-0.39, 0.29) is 0 Å². The number of imidazole rings is 1. The molecule has 0 bridgehead atoms. The summed E-state index contributed by atoms with van der Waals surface area (Å²) in [6.45, 7) is 4.52. The predicted molar refractivity (Wildman–Crippen MR) is 74.6 cm³/mol. The fraction of sp³-hybridized carbons (Fsp3) is 0.467. The van der Waals surface area contributed by atoms with Crippen molar-refractivity contribution in [3.63, 3.8) is 0 Å². The van der Waals surface area contributed by atoms with Crippen LogP contribution in [0.25, 0.3) is 5.52 Å². The van der Waals surface area contributed by atoms with Crippen molar-refractivity contribution in [1.82, 2.24) is 14.3 Å². The van der Waals surface area contributed by atoms with Crippen LogP contribution in [-0.4, -0.2) is 39.7 Å². The van der Waals surface area contributed by atoms with Gasteiger partial charge in [-0.05, 0) is 38.1 Å². The highest BCUT2D eigenvalue weighted by Gasteiger charge is 2.24. The van der Waals surface area contributed by atoms with E-state index in [1.54, 1.807) is 0 Å². The summed E-state index contributed by atoms with van der Waals surface area (Å²) in [5.74, 6) is 1.06. The molecule has 0 aromatic carbocycles. The third kappa shape index (κ3) is 2.16. The van der Waals surface area contributed by atoms with E-state index in [1.165, 1.54) is 19.4 Å². The van der Waals surface area contributed by atoms with Crippen molar-refractivity contribution in [2.45, 2.75) is 32.2 Å². The summed E-state index contributed by atoms with van der Waals surface area (Å²) in [7, 11) is 0. The van der Waals surface area contributed by atoms with Crippen LogP contribution in [0, 0.1) is 0 Å². The van der Waals surface area contributed by atoms with Crippen molar-refractivity contribution in [3.8, 4) is 0 Å². The number of carbonyl (C=O) groups is 1. The Balaban J connectivity index is 1.91. The Morgan fingerprint density at radius 2 is 2.42 bits per heavy atom. The molecule has 19 heavy (non-hydrogen) atoms. The maximum absolute atomic E-state index is 11.0. The van der Waals surface area contributed by atoms with E-state index in [0.717, 1.165) is 30.6 Å². The van der Waals surface area contributed by atoms with E-state index in [1.807, 2.05) is 24.5 Å². The van der Waals surface area contributed by atoms with Crippen molar-refractivity contribution in [2.24, 2.45) is 0 Å². The van der Waals surface area contributed by atoms with Gasteiger partial charge in [-0.1, -0.05) is 6.92 Å². The summed E-state index contributed by atoms with van der Waals surface area (Å²) in [6.07, 6.45) is 8.19. The number of carbonyl (C=O) groups excluding carboxylic acids is 1. The Hall–Kier alpha value is -1.68. The number of aldehydes is 1. The predicted octanol–water partition coefficient (Wildman–Crippen LogP) is 2.17. The maximum atomic E-state index is 11.0. The molecule has 2 aromatic rings. The average Bonchev–Trinajstić information content (AvgIpc) is 3.06. The van der Waals surface area contributed by atoms with E-state index >= 15 is 0 Å². The van der Waals surface area contributed by atoms with E-state index in [9.17, 15) is 4.79 Å². The topological polar surface area (TPSA) is 37.6 Å². The highest BCUT2D eigenvalue weighted by atomic mass is 16.1. The molecule has 2 aromatic heterocycles. The van der Waals surface area contributed by atoms with Crippen molar-refractivity contribution < 1.29 is 4.79 Å². The average molecular weight is 257 g/mol. The number of likely N-dealkylation sites (N-methyl/N-ethyl adjacent to an activating group) is 1. The molecule has 1 saturated heterocycles. The third-order valence-electron chi connectivity index (χ3n) is 4.13. The minimum Gasteiger partial charge on any atom is -0.303 e. The van der Waals surface area contributed by atoms with Gasteiger partial charge in [-0.3, -0.25) is 4.79 Å². The number of pyridine rings is 1. The number of hydrogen-bond donors (Lipinski definition) is 0. The second-order valence-corrected chi connectivity index (χ2v) is 5.14. The lowest BCUT2D eigenvalue weighted by molar-refractivity contribution is 0.112. The van der Waals surface area contributed by atoms with Gasteiger partial charge in [0, 0.05) is 24.2 Å². The molecule has 4 nitrogen and oxygen atoms in total. The van der Waals surface area contributed by atoms with E-state index < -0.39 is 0 Å². The minimum atomic E-state index is 0.593. The first-order valence-corrected chi connectivity index (χ1v) is 6.97. The van der Waals surface area contributed by atoms with Crippen LogP contribution >= 0.6 is 0 Å². The van der Waals surface area contributed by atoms with Gasteiger partial charge in [-0.25, -0.2) is 4.98 Å². The first-order valence-electron chi connectivity index (χ1n) is 6.97. The van der Waals surface area contributed by atoms with Gasteiger partial charge in [0.2, 0.25) is 0 Å². The number of fused-ring (bicyclic) bond motifs is 1. The smallest absolute Gasteiger partial charge is 0.152 e. The molecule has 1 unspecified atom stereocenters. The van der Waals surface area contributed by atoms with Crippen LogP contribution in [0.5, 0.6) is 0 Å². The summed E-state index contributed by atoms with van der Waals surface area (Å²) in [5.41, 5.74) is 1.62. The van der Waals surface area contributed by atoms with Crippen LogP contribution in [0.4, 0.5) is 0 Å². The molecule has 1 aliphatic heterocycles. The number of hydrogen-bond acceptors (Lipinski definition) is 3. The van der Waals surface area contributed by atoms with E-state index in [4.69, 9.17) is 0 Å². The van der Waals surface area contributed by atoms with Crippen LogP contribution < -0.4 is 0 Å². The van der Waals surface area contributed by atoms with Gasteiger partial charge >= 0.3 is 0 Å². The van der Waals surface area contributed by atoms with Crippen LogP contribution in [-0.2, 0) is 6.42 Å². The highest BCUT2D eigenvalue weighted by Crippen LogP contribution is 2.21. The van der Waals surface area contributed by atoms with Gasteiger partial charge in [-0.2, -0.15) is 0 Å². The molecule has 1 atom stereocenters. The molecule has 0 amide bonds. The largest absolute Gasteiger partial charge is 0.303 e. The van der Waals surface area contributed by atoms with Gasteiger partial charge in [0.25, 0.3) is 0 Å². The Labute approximate surface area is 113 Å². The summed E-state index contributed by atoms with van der Waals surface area (Å²) in [4.78, 5) is 18.1. The fourth-order valence-corrected chi connectivity index (χ4v) is 3.10. The number of nitrogens with zero attached hydrogens (tertiary/aromatic N) is 3. The molecule has 4 heteroatoms. The zero-order valence-corrected chi connectivity index (χ0v) is 11.2. The van der Waals surface area contributed by atoms with Gasteiger partial charge < -0.3 is 9.30 Å². The number of aromatic nitrogens is 2. The van der Waals surface area contributed by atoms with Crippen LogP contribution in [0.2, 0.25) is 0 Å². The normalized spacial score (nSPS) is 20.2. The lowest BCUT2D eigenvalue weighted by atomic mass is 10.1. The van der Waals surface area contributed by atoms with Crippen molar-refractivity contribution in [1.29, 1.82) is 0 Å². The quantitative estimate of drug-likeness (QED) is 0.788. The van der Waals surface area contributed by atoms with E-state index in [2.05, 4.69) is 21.2 Å². The lowest BCUT2D eigenvalue weighted by Gasteiger charge is -2.22. The fourth-order valence-electron chi connectivity index (χ4n) is 3.10. The highest BCUT2D eigenvalue weighted by molar-refractivity contribution is 5.85. The first-order chi connectivity index (χ1) is 9.33. The standard InChI is InChI=1S/C15H19N3O/c1-2-17-7-4-6-13(17)9-15-16-10-14-12(11-19)5-3-8-18(14)15/h3,5,8,10-11,13H,2,4,6-7,9H2,1H3. The Bertz CT molecular complexity index is 590. The van der Waals surface area contributed by atoms with Gasteiger partial charge in [0.15, 0.2) is 6.29 Å². The number of likely N-dealkylation sites (tertiary alicyclic amines) is 1. The molecule has 0 spiro atoms. The molecule has 1 aliphatic rings. The van der Waals surface area contributed by atoms with Crippen molar-refractivity contribution in [3.05, 3.63) is 35.9 Å². The third-order valence-corrected chi connectivity index (χ3v) is 4.13. The Morgan fingerprint density at radius 1 is 1.53 bits per heavy atom. The molecule has 0 radical (unpaired) electrons. The summed E-state index contributed by atoms with van der Waals surface area (Å²) in [6, 6.07) is 4.34. The van der Waals surface area contributed by atoms with Gasteiger partial charge in [-0.15, -0.1) is 0 Å². The Morgan fingerprint density at radius 3 is 3.21 bits per heavy atom. The molecule has 0 N–H and O–H groups in total.